The summed E-state index contributed by atoms with van der Waals surface area (Å²) in [5.74, 6) is -0.219. The van der Waals surface area contributed by atoms with Gasteiger partial charge in [0.05, 0.1) is 23.8 Å². The van der Waals surface area contributed by atoms with E-state index in [-0.39, 0.29) is 22.8 Å². The molecule has 1 aromatic heterocycles. The minimum atomic E-state index is -3.85. The number of hydrogen-bond acceptors (Lipinski definition) is 5. The number of hydrogen-bond donors (Lipinski definition) is 0. The SMILES string of the molecule is C=CCCC(=O)c1cc(N2CCOCC2)cn1S(=O)(=O)c1ccccc1. The van der Waals surface area contributed by atoms with Crippen LogP contribution in [0.2, 0.25) is 0 Å². The number of ketones is 1. The summed E-state index contributed by atoms with van der Waals surface area (Å²) in [5, 5.41) is 0. The standard InChI is InChI=1S/C19H22N2O4S/c1-2-3-9-19(22)18-14-16(20-10-12-25-13-11-20)15-21(18)26(23,24)17-7-5-4-6-8-17/h2,4-8,14-15H,1,3,9-13H2. The smallest absolute Gasteiger partial charge is 0.268 e. The third-order valence-corrected chi connectivity index (χ3v) is 6.00. The zero-order valence-electron chi connectivity index (χ0n) is 14.5. The summed E-state index contributed by atoms with van der Waals surface area (Å²) in [6.07, 6.45) is 3.91. The van der Waals surface area contributed by atoms with Crippen molar-refractivity contribution >= 4 is 21.5 Å². The van der Waals surface area contributed by atoms with Crippen molar-refractivity contribution in [3.05, 3.63) is 60.9 Å². The Morgan fingerprint density at radius 3 is 2.54 bits per heavy atom. The molecular weight excluding hydrogens is 352 g/mol. The van der Waals surface area contributed by atoms with Gasteiger partial charge in [-0.15, -0.1) is 6.58 Å². The lowest BCUT2D eigenvalue weighted by Gasteiger charge is -2.27. The van der Waals surface area contributed by atoms with Gasteiger partial charge in [0.25, 0.3) is 10.0 Å². The van der Waals surface area contributed by atoms with Crippen LogP contribution in [-0.2, 0) is 14.8 Å². The molecule has 0 aliphatic carbocycles. The van der Waals surface area contributed by atoms with Gasteiger partial charge in [0.2, 0.25) is 0 Å². The van der Waals surface area contributed by atoms with Crippen molar-refractivity contribution in [1.82, 2.24) is 3.97 Å². The monoisotopic (exact) mass is 374 g/mol. The minimum absolute atomic E-state index is 0.155. The fourth-order valence-electron chi connectivity index (χ4n) is 2.89. The van der Waals surface area contributed by atoms with E-state index < -0.39 is 10.0 Å². The number of morpholine rings is 1. The molecule has 1 aromatic carbocycles. The molecule has 0 atom stereocenters. The maximum Gasteiger partial charge on any atom is 0.268 e. The van der Waals surface area contributed by atoms with Crippen LogP contribution in [0.15, 0.2) is 60.1 Å². The number of carbonyl (C=O) groups excluding carboxylic acids is 1. The first-order chi connectivity index (χ1) is 12.5. The number of aromatic nitrogens is 1. The molecule has 7 heteroatoms. The molecule has 0 spiro atoms. The van der Waals surface area contributed by atoms with E-state index in [9.17, 15) is 13.2 Å². The fourth-order valence-corrected chi connectivity index (χ4v) is 4.28. The quantitative estimate of drug-likeness (QED) is 0.551. The van der Waals surface area contributed by atoms with Gasteiger partial charge in [-0.2, -0.15) is 0 Å². The van der Waals surface area contributed by atoms with Crippen LogP contribution in [0.5, 0.6) is 0 Å². The molecule has 0 amide bonds. The molecule has 1 aliphatic rings. The first kappa shape index (κ1) is 18.4. The summed E-state index contributed by atoms with van der Waals surface area (Å²) in [7, 11) is -3.85. The zero-order chi connectivity index (χ0) is 18.6. The minimum Gasteiger partial charge on any atom is -0.378 e. The normalized spacial score (nSPS) is 15.0. The number of rotatable bonds is 7. The van der Waals surface area contributed by atoms with E-state index in [1.54, 1.807) is 30.3 Å². The van der Waals surface area contributed by atoms with Crippen LogP contribution in [0.3, 0.4) is 0 Å². The van der Waals surface area contributed by atoms with Crippen molar-refractivity contribution in [2.75, 3.05) is 31.2 Å². The second-order valence-corrected chi connectivity index (χ2v) is 7.86. The largest absolute Gasteiger partial charge is 0.378 e. The van der Waals surface area contributed by atoms with Gasteiger partial charge in [-0.25, -0.2) is 12.4 Å². The summed E-state index contributed by atoms with van der Waals surface area (Å²) in [6, 6.07) is 9.81. The van der Waals surface area contributed by atoms with Crippen LogP contribution in [0, 0.1) is 0 Å². The number of benzene rings is 1. The number of allylic oxidation sites excluding steroid dienone is 1. The Balaban J connectivity index is 2.05. The third-order valence-electron chi connectivity index (χ3n) is 4.31. The van der Waals surface area contributed by atoms with E-state index in [1.165, 1.54) is 18.3 Å². The molecule has 0 saturated carbocycles. The van der Waals surface area contributed by atoms with Crippen LogP contribution in [-0.4, -0.2) is 44.5 Å². The Hall–Kier alpha value is -2.38. The highest BCUT2D eigenvalue weighted by atomic mass is 32.2. The van der Waals surface area contributed by atoms with E-state index in [2.05, 4.69) is 6.58 Å². The fraction of sp³-hybridized carbons (Fsp3) is 0.316. The Morgan fingerprint density at radius 2 is 1.88 bits per heavy atom. The van der Waals surface area contributed by atoms with Gasteiger partial charge in [-0.05, 0) is 24.6 Å². The van der Waals surface area contributed by atoms with E-state index >= 15 is 0 Å². The second-order valence-electron chi connectivity index (χ2n) is 6.05. The van der Waals surface area contributed by atoms with Crippen molar-refractivity contribution in [3.63, 3.8) is 0 Å². The Kier molecular flexibility index (Phi) is 5.58. The maximum atomic E-state index is 13.1. The van der Waals surface area contributed by atoms with Gasteiger partial charge >= 0.3 is 0 Å². The van der Waals surface area contributed by atoms with Gasteiger partial charge in [0.1, 0.15) is 5.69 Å². The molecule has 0 N–H and O–H groups in total. The van der Waals surface area contributed by atoms with Crippen molar-refractivity contribution in [2.24, 2.45) is 0 Å². The molecule has 0 unspecified atom stereocenters. The Bertz CT molecular complexity index is 882. The zero-order valence-corrected chi connectivity index (χ0v) is 15.3. The lowest BCUT2D eigenvalue weighted by Crippen LogP contribution is -2.36. The highest BCUT2D eigenvalue weighted by Crippen LogP contribution is 2.26. The summed E-state index contributed by atoms with van der Waals surface area (Å²) in [4.78, 5) is 14.8. The molecule has 0 radical (unpaired) electrons. The number of anilines is 1. The van der Waals surface area contributed by atoms with Crippen LogP contribution in [0.4, 0.5) is 5.69 Å². The lowest BCUT2D eigenvalue weighted by atomic mass is 10.1. The number of carbonyl (C=O) groups is 1. The molecule has 1 saturated heterocycles. The summed E-state index contributed by atoms with van der Waals surface area (Å²) in [6.45, 7) is 6.11. The van der Waals surface area contributed by atoms with Crippen LogP contribution in [0.1, 0.15) is 23.3 Å². The van der Waals surface area contributed by atoms with Crippen LogP contribution >= 0.6 is 0 Å². The third kappa shape index (κ3) is 3.73. The number of ether oxygens (including phenoxy) is 1. The van der Waals surface area contributed by atoms with Crippen LogP contribution in [0.25, 0.3) is 0 Å². The lowest BCUT2D eigenvalue weighted by molar-refractivity contribution is 0.0978. The van der Waals surface area contributed by atoms with Gasteiger partial charge in [0.15, 0.2) is 5.78 Å². The molecule has 3 rings (SSSR count). The Morgan fingerprint density at radius 1 is 1.19 bits per heavy atom. The van der Waals surface area contributed by atoms with Crippen molar-refractivity contribution in [3.8, 4) is 0 Å². The van der Waals surface area contributed by atoms with Gasteiger partial charge in [-0.3, -0.25) is 4.79 Å². The van der Waals surface area contributed by atoms with Gasteiger partial charge in [-0.1, -0.05) is 24.3 Å². The number of Topliss-reactive ketones (excluding diaryl/α,β-unsaturated/α-hetero) is 1. The first-order valence-electron chi connectivity index (χ1n) is 8.54. The maximum absolute atomic E-state index is 13.1. The molecule has 0 bridgehead atoms. The van der Waals surface area contributed by atoms with Crippen molar-refractivity contribution in [1.29, 1.82) is 0 Å². The van der Waals surface area contributed by atoms with Crippen molar-refractivity contribution < 1.29 is 17.9 Å². The van der Waals surface area contributed by atoms with Crippen LogP contribution < -0.4 is 4.90 Å². The highest BCUT2D eigenvalue weighted by molar-refractivity contribution is 7.90. The second kappa shape index (κ2) is 7.88. The number of nitrogens with zero attached hydrogens (tertiary/aromatic N) is 2. The summed E-state index contributed by atoms with van der Waals surface area (Å²) >= 11 is 0. The van der Waals surface area contributed by atoms with E-state index in [0.717, 1.165) is 9.66 Å². The predicted molar refractivity (Wildman–Crippen MR) is 100 cm³/mol. The van der Waals surface area contributed by atoms with E-state index in [1.807, 2.05) is 4.90 Å². The Labute approximate surface area is 153 Å². The first-order valence-corrected chi connectivity index (χ1v) is 9.98. The molecule has 2 aromatic rings. The van der Waals surface area contributed by atoms with Crippen molar-refractivity contribution in [2.45, 2.75) is 17.7 Å². The van der Waals surface area contributed by atoms with E-state index in [4.69, 9.17) is 4.74 Å². The van der Waals surface area contributed by atoms with Gasteiger partial charge < -0.3 is 9.64 Å². The van der Waals surface area contributed by atoms with Gasteiger partial charge in [0, 0.05) is 25.7 Å². The molecule has 26 heavy (non-hydrogen) atoms. The average molecular weight is 374 g/mol. The molecular formula is C19H22N2O4S. The molecule has 1 fully saturated rings. The average Bonchev–Trinajstić information content (AvgIpc) is 3.14. The summed E-state index contributed by atoms with van der Waals surface area (Å²) < 4.78 is 32.6. The molecule has 2 heterocycles. The molecule has 138 valence electrons. The molecule has 1 aliphatic heterocycles. The predicted octanol–water partition coefficient (Wildman–Crippen LogP) is 2.71. The topological polar surface area (TPSA) is 68.6 Å². The van der Waals surface area contributed by atoms with E-state index in [0.29, 0.717) is 32.7 Å². The summed E-state index contributed by atoms with van der Waals surface area (Å²) in [5.41, 5.74) is 0.895. The molecule has 6 nitrogen and oxygen atoms in total. The highest BCUT2D eigenvalue weighted by Gasteiger charge is 2.26.